The highest BCUT2D eigenvalue weighted by molar-refractivity contribution is 7.99. The lowest BCUT2D eigenvalue weighted by molar-refractivity contribution is 0.106. The molecule has 1 nitrogen and oxygen atoms in total. The fourth-order valence-electron chi connectivity index (χ4n) is 1.72. The van der Waals surface area contributed by atoms with Gasteiger partial charge in [0.05, 0.1) is 0 Å². The smallest absolute Gasteiger partial charge is 0.0163 e. The topological polar surface area (TPSA) is 3.24 Å². The van der Waals surface area contributed by atoms with Crippen LogP contribution in [0.15, 0.2) is 0 Å². The standard InChI is InChI=1S/C9H19NS/c1-8-7-11-6-5-10(8)9(2,3)4/h8H,5-7H2,1-4H3. The van der Waals surface area contributed by atoms with E-state index in [0.717, 1.165) is 6.04 Å². The third-order valence-corrected chi connectivity index (χ3v) is 3.42. The first-order valence-corrected chi connectivity index (χ1v) is 5.52. The van der Waals surface area contributed by atoms with Crippen LogP contribution in [0.4, 0.5) is 0 Å². The third-order valence-electron chi connectivity index (χ3n) is 2.23. The zero-order valence-corrected chi connectivity index (χ0v) is 8.87. The summed E-state index contributed by atoms with van der Waals surface area (Å²) in [7, 11) is 0. The minimum Gasteiger partial charge on any atom is -0.294 e. The molecule has 0 N–H and O–H groups in total. The zero-order valence-electron chi connectivity index (χ0n) is 8.05. The van der Waals surface area contributed by atoms with E-state index in [1.807, 2.05) is 0 Å². The van der Waals surface area contributed by atoms with Gasteiger partial charge in [-0.1, -0.05) is 0 Å². The SMILES string of the molecule is CC1CSCCN1C(C)(C)C. The highest BCUT2D eigenvalue weighted by atomic mass is 32.2. The lowest BCUT2D eigenvalue weighted by Crippen LogP contribution is -2.51. The van der Waals surface area contributed by atoms with Crippen molar-refractivity contribution in [1.29, 1.82) is 0 Å². The van der Waals surface area contributed by atoms with Crippen LogP contribution in [0.25, 0.3) is 0 Å². The van der Waals surface area contributed by atoms with Crippen molar-refractivity contribution in [1.82, 2.24) is 4.90 Å². The zero-order chi connectivity index (χ0) is 8.48. The predicted octanol–water partition coefficient (Wildman–Crippen LogP) is 2.22. The summed E-state index contributed by atoms with van der Waals surface area (Å²) >= 11 is 2.08. The van der Waals surface area contributed by atoms with Gasteiger partial charge in [-0.3, -0.25) is 4.90 Å². The number of thioether (sulfide) groups is 1. The number of hydrogen-bond acceptors (Lipinski definition) is 2. The summed E-state index contributed by atoms with van der Waals surface area (Å²) in [6.45, 7) is 10.5. The molecule has 11 heavy (non-hydrogen) atoms. The van der Waals surface area contributed by atoms with Gasteiger partial charge in [0.15, 0.2) is 0 Å². The Bertz CT molecular complexity index is 128. The summed E-state index contributed by atoms with van der Waals surface area (Å²) in [5.41, 5.74) is 0.362. The average molecular weight is 173 g/mol. The van der Waals surface area contributed by atoms with Crippen LogP contribution < -0.4 is 0 Å². The Kier molecular flexibility index (Phi) is 2.87. The highest BCUT2D eigenvalue weighted by Crippen LogP contribution is 2.23. The molecule has 1 aliphatic heterocycles. The van der Waals surface area contributed by atoms with E-state index >= 15 is 0 Å². The molecule has 1 rings (SSSR count). The van der Waals surface area contributed by atoms with Crippen molar-refractivity contribution in [3.05, 3.63) is 0 Å². The number of rotatable bonds is 0. The van der Waals surface area contributed by atoms with Gasteiger partial charge < -0.3 is 0 Å². The molecule has 1 unspecified atom stereocenters. The van der Waals surface area contributed by atoms with Gasteiger partial charge in [-0.25, -0.2) is 0 Å². The molecule has 0 aromatic rings. The number of nitrogens with zero attached hydrogens (tertiary/aromatic N) is 1. The fraction of sp³-hybridized carbons (Fsp3) is 1.00. The molecule has 0 spiro atoms. The van der Waals surface area contributed by atoms with Gasteiger partial charge in [0.1, 0.15) is 0 Å². The summed E-state index contributed by atoms with van der Waals surface area (Å²) in [5.74, 6) is 2.61. The minimum absolute atomic E-state index is 0.362. The molecule has 1 fully saturated rings. The molecule has 1 heterocycles. The molecule has 0 bridgehead atoms. The Morgan fingerprint density at radius 3 is 2.36 bits per heavy atom. The summed E-state index contributed by atoms with van der Waals surface area (Å²) in [5, 5.41) is 0. The van der Waals surface area contributed by atoms with Crippen LogP contribution in [0, 0.1) is 0 Å². The van der Waals surface area contributed by atoms with E-state index in [9.17, 15) is 0 Å². The predicted molar refractivity (Wildman–Crippen MR) is 53.2 cm³/mol. The monoisotopic (exact) mass is 173 g/mol. The lowest BCUT2D eigenvalue weighted by atomic mass is 10.0. The molecule has 66 valence electrons. The Hall–Kier alpha value is 0.310. The molecule has 0 amide bonds. The summed E-state index contributed by atoms with van der Waals surface area (Å²) in [6, 6.07) is 0.758. The van der Waals surface area contributed by atoms with Gasteiger partial charge in [0.25, 0.3) is 0 Å². The van der Waals surface area contributed by atoms with Crippen LogP contribution in [0.3, 0.4) is 0 Å². The number of hydrogen-bond donors (Lipinski definition) is 0. The van der Waals surface area contributed by atoms with E-state index in [1.165, 1.54) is 18.1 Å². The van der Waals surface area contributed by atoms with Gasteiger partial charge in [-0.15, -0.1) is 0 Å². The summed E-state index contributed by atoms with van der Waals surface area (Å²) in [4.78, 5) is 2.60. The fourth-order valence-corrected chi connectivity index (χ4v) is 2.74. The van der Waals surface area contributed by atoms with Gasteiger partial charge in [-0.2, -0.15) is 11.8 Å². The maximum atomic E-state index is 2.60. The molecule has 0 aromatic heterocycles. The van der Waals surface area contributed by atoms with E-state index in [2.05, 4.69) is 44.4 Å². The second-order valence-electron chi connectivity index (χ2n) is 4.29. The average Bonchev–Trinajstić information content (AvgIpc) is 1.86. The normalized spacial score (nSPS) is 28.9. The molecule has 2 heteroatoms. The maximum Gasteiger partial charge on any atom is 0.0163 e. The molecular formula is C9H19NS. The van der Waals surface area contributed by atoms with Crippen molar-refractivity contribution in [3.8, 4) is 0 Å². The van der Waals surface area contributed by atoms with E-state index in [4.69, 9.17) is 0 Å². The second-order valence-corrected chi connectivity index (χ2v) is 5.44. The Morgan fingerprint density at radius 1 is 1.36 bits per heavy atom. The maximum absolute atomic E-state index is 2.60. The first-order chi connectivity index (χ1) is 5.02. The van der Waals surface area contributed by atoms with Gasteiger partial charge in [-0.05, 0) is 27.7 Å². The quantitative estimate of drug-likeness (QED) is 0.552. The van der Waals surface area contributed by atoms with Crippen LogP contribution in [0.5, 0.6) is 0 Å². The van der Waals surface area contributed by atoms with E-state index in [-0.39, 0.29) is 0 Å². The Labute approximate surface area is 74.5 Å². The third kappa shape index (κ3) is 2.38. The van der Waals surface area contributed by atoms with Crippen LogP contribution in [0.1, 0.15) is 27.7 Å². The van der Waals surface area contributed by atoms with Crippen molar-refractivity contribution in [2.24, 2.45) is 0 Å². The van der Waals surface area contributed by atoms with Gasteiger partial charge in [0, 0.05) is 29.6 Å². The van der Waals surface area contributed by atoms with Crippen molar-refractivity contribution in [2.45, 2.75) is 39.3 Å². The van der Waals surface area contributed by atoms with Crippen molar-refractivity contribution >= 4 is 11.8 Å². The molecule has 1 atom stereocenters. The van der Waals surface area contributed by atoms with Crippen molar-refractivity contribution in [3.63, 3.8) is 0 Å². The summed E-state index contributed by atoms with van der Waals surface area (Å²) in [6.07, 6.45) is 0. The molecular weight excluding hydrogens is 154 g/mol. The molecule has 1 aliphatic rings. The van der Waals surface area contributed by atoms with Crippen LogP contribution >= 0.6 is 11.8 Å². The molecule has 0 aliphatic carbocycles. The molecule has 0 saturated carbocycles. The first kappa shape index (κ1) is 9.40. The Balaban J connectivity index is 2.55. The van der Waals surface area contributed by atoms with Crippen LogP contribution in [0.2, 0.25) is 0 Å². The van der Waals surface area contributed by atoms with E-state index in [1.54, 1.807) is 0 Å². The first-order valence-electron chi connectivity index (χ1n) is 4.36. The van der Waals surface area contributed by atoms with Gasteiger partial charge in [0.2, 0.25) is 0 Å². The van der Waals surface area contributed by atoms with Crippen molar-refractivity contribution in [2.75, 3.05) is 18.1 Å². The molecule has 1 saturated heterocycles. The van der Waals surface area contributed by atoms with E-state index < -0.39 is 0 Å². The van der Waals surface area contributed by atoms with E-state index in [0.29, 0.717) is 5.54 Å². The van der Waals surface area contributed by atoms with Crippen molar-refractivity contribution < 1.29 is 0 Å². The highest BCUT2D eigenvalue weighted by Gasteiger charge is 2.27. The largest absolute Gasteiger partial charge is 0.294 e. The molecule has 0 radical (unpaired) electrons. The van der Waals surface area contributed by atoms with Crippen LogP contribution in [-0.4, -0.2) is 34.5 Å². The second kappa shape index (κ2) is 3.36. The minimum atomic E-state index is 0.362. The Morgan fingerprint density at radius 2 is 2.00 bits per heavy atom. The van der Waals surface area contributed by atoms with Crippen LogP contribution in [-0.2, 0) is 0 Å². The lowest BCUT2D eigenvalue weighted by Gasteiger charge is -2.42. The van der Waals surface area contributed by atoms with Gasteiger partial charge >= 0.3 is 0 Å². The summed E-state index contributed by atoms with van der Waals surface area (Å²) < 4.78 is 0. The molecule has 0 aromatic carbocycles.